The number of para-hydroxylation sites is 1. The lowest BCUT2D eigenvalue weighted by molar-refractivity contribution is 0.107. The molecule has 3 rings (SSSR count). The van der Waals surface area contributed by atoms with Gasteiger partial charge in [0.1, 0.15) is 6.10 Å². The number of benzene rings is 2. The van der Waals surface area contributed by atoms with Gasteiger partial charge in [-0.05, 0) is 30.5 Å². The van der Waals surface area contributed by atoms with Gasteiger partial charge in [-0.2, -0.15) is 0 Å². The molecule has 2 N–H and O–H groups in total. The molecule has 0 saturated heterocycles. The molecule has 118 valence electrons. The molecule has 0 aliphatic carbocycles. The van der Waals surface area contributed by atoms with E-state index in [1.54, 1.807) is 0 Å². The van der Waals surface area contributed by atoms with E-state index in [9.17, 15) is 4.79 Å². The van der Waals surface area contributed by atoms with Gasteiger partial charge < -0.3 is 15.0 Å². The molecule has 0 radical (unpaired) electrons. The number of ether oxygens (including phenoxy) is 1. The van der Waals surface area contributed by atoms with Crippen molar-refractivity contribution in [2.45, 2.75) is 19.4 Å². The smallest absolute Gasteiger partial charge is 0.407 e. The third-order valence-corrected chi connectivity index (χ3v) is 3.89. The van der Waals surface area contributed by atoms with E-state index in [0.29, 0.717) is 6.54 Å². The molecule has 1 amide bonds. The van der Waals surface area contributed by atoms with Crippen molar-refractivity contribution >= 4 is 17.0 Å². The minimum absolute atomic E-state index is 0.260. The highest BCUT2D eigenvalue weighted by molar-refractivity contribution is 5.83. The summed E-state index contributed by atoms with van der Waals surface area (Å²) in [5.74, 6) is 0. The number of hydrogen-bond acceptors (Lipinski definition) is 2. The van der Waals surface area contributed by atoms with Gasteiger partial charge in [-0.25, -0.2) is 4.79 Å². The molecule has 0 aliphatic rings. The maximum atomic E-state index is 11.9. The number of carbonyl (C=O) groups is 1. The summed E-state index contributed by atoms with van der Waals surface area (Å²) in [6.07, 6.45) is 2.11. The van der Waals surface area contributed by atoms with Crippen LogP contribution >= 0.6 is 0 Å². The SMILES string of the molecule is C[C@H](OC(=O)NCCc1c[nH]c2ccccc12)c1ccccc1. The van der Waals surface area contributed by atoms with Gasteiger partial charge in [-0.1, -0.05) is 48.5 Å². The Balaban J connectivity index is 1.50. The van der Waals surface area contributed by atoms with Gasteiger partial charge in [0.15, 0.2) is 0 Å². The predicted molar refractivity (Wildman–Crippen MR) is 91.3 cm³/mol. The number of fused-ring (bicyclic) bond motifs is 1. The quantitative estimate of drug-likeness (QED) is 0.742. The zero-order chi connectivity index (χ0) is 16.1. The number of rotatable bonds is 5. The molecule has 0 aliphatic heterocycles. The van der Waals surface area contributed by atoms with Crippen LogP contribution in [-0.4, -0.2) is 17.6 Å². The zero-order valence-electron chi connectivity index (χ0n) is 13.1. The van der Waals surface area contributed by atoms with Crippen LogP contribution in [0.25, 0.3) is 10.9 Å². The van der Waals surface area contributed by atoms with Gasteiger partial charge >= 0.3 is 6.09 Å². The number of carbonyl (C=O) groups excluding carboxylic acids is 1. The minimum Gasteiger partial charge on any atom is -0.442 e. The van der Waals surface area contributed by atoms with Crippen LogP contribution in [0.3, 0.4) is 0 Å². The van der Waals surface area contributed by atoms with Gasteiger partial charge in [-0.3, -0.25) is 0 Å². The number of aromatic nitrogens is 1. The fourth-order valence-electron chi connectivity index (χ4n) is 2.63. The number of amides is 1. The second-order valence-corrected chi connectivity index (χ2v) is 5.49. The van der Waals surface area contributed by atoms with Crippen LogP contribution in [0.2, 0.25) is 0 Å². The molecule has 0 fully saturated rings. The normalized spacial score (nSPS) is 12.0. The van der Waals surface area contributed by atoms with Gasteiger partial charge in [0.2, 0.25) is 0 Å². The van der Waals surface area contributed by atoms with Crippen molar-refractivity contribution in [2.24, 2.45) is 0 Å². The van der Waals surface area contributed by atoms with Crippen molar-refractivity contribution in [3.8, 4) is 0 Å². The van der Waals surface area contributed by atoms with Gasteiger partial charge in [0, 0.05) is 23.6 Å². The summed E-state index contributed by atoms with van der Waals surface area (Å²) in [6.45, 7) is 2.41. The van der Waals surface area contributed by atoms with Crippen molar-refractivity contribution in [2.75, 3.05) is 6.54 Å². The van der Waals surface area contributed by atoms with E-state index >= 15 is 0 Å². The van der Waals surface area contributed by atoms with Gasteiger partial charge in [0.25, 0.3) is 0 Å². The molecule has 2 aromatic carbocycles. The average molecular weight is 308 g/mol. The first-order valence-corrected chi connectivity index (χ1v) is 7.78. The molecular formula is C19H20N2O2. The summed E-state index contributed by atoms with van der Waals surface area (Å²) < 4.78 is 5.39. The first-order chi connectivity index (χ1) is 11.2. The Hall–Kier alpha value is -2.75. The van der Waals surface area contributed by atoms with Crippen LogP contribution in [-0.2, 0) is 11.2 Å². The highest BCUT2D eigenvalue weighted by Gasteiger charge is 2.11. The molecule has 4 nitrogen and oxygen atoms in total. The maximum Gasteiger partial charge on any atom is 0.407 e. The van der Waals surface area contributed by atoms with E-state index < -0.39 is 0 Å². The van der Waals surface area contributed by atoms with Crippen molar-refractivity contribution in [1.82, 2.24) is 10.3 Å². The van der Waals surface area contributed by atoms with Crippen LogP contribution < -0.4 is 5.32 Å². The summed E-state index contributed by atoms with van der Waals surface area (Å²) in [4.78, 5) is 15.1. The fraction of sp³-hybridized carbons (Fsp3) is 0.211. The van der Waals surface area contributed by atoms with Crippen molar-refractivity contribution in [1.29, 1.82) is 0 Å². The Kier molecular flexibility index (Phi) is 4.62. The topological polar surface area (TPSA) is 54.1 Å². The lowest BCUT2D eigenvalue weighted by Gasteiger charge is -2.14. The Morgan fingerprint density at radius 1 is 1.13 bits per heavy atom. The summed E-state index contributed by atoms with van der Waals surface area (Å²) >= 11 is 0. The zero-order valence-corrected chi connectivity index (χ0v) is 13.1. The Morgan fingerprint density at radius 3 is 2.70 bits per heavy atom. The van der Waals surface area contributed by atoms with E-state index in [-0.39, 0.29) is 12.2 Å². The monoisotopic (exact) mass is 308 g/mol. The highest BCUT2D eigenvalue weighted by Crippen LogP contribution is 2.18. The number of hydrogen-bond donors (Lipinski definition) is 2. The van der Waals surface area contributed by atoms with E-state index in [4.69, 9.17) is 4.74 Å². The molecule has 0 unspecified atom stereocenters. The Labute approximate surface area is 135 Å². The third kappa shape index (κ3) is 3.72. The van der Waals surface area contributed by atoms with E-state index in [1.807, 2.05) is 61.7 Å². The van der Waals surface area contributed by atoms with Crippen LogP contribution in [0.1, 0.15) is 24.2 Å². The average Bonchev–Trinajstić information content (AvgIpc) is 2.99. The Bertz CT molecular complexity index is 780. The Morgan fingerprint density at radius 2 is 1.87 bits per heavy atom. The largest absolute Gasteiger partial charge is 0.442 e. The first kappa shape index (κ1) is 15.2. The predicted octanol–water partition coefficient (Wildman–Crippen LogP) is 4.20. The van der Waals surface area contributed by atoms with Crippen molar-refractivity contribution in [3.05, 3.63) is 71.9 Å². The second-order valence-electron chi connectivity index (χ2n) is 5.49. The molecule has 1 atom stereocenters. The van der Waals surface area contributed by atoms with Crippen LogP contribution in [0, 0.1) is 0 Å². The summed E-state index contributed by atoms with van der Waals surface area (Å²) in [7, 11) is 0. The van der Waals surface area contributed by atoms with E-state index in [0.717, 1.165) is 17.5 Å². The van der Waals surface area contributed by atoms with E-state index in [1.165, 1.54) is 10.9 Å². The van der Waals surface area contributed by atoms with Crippen molar-refractivity contribution in [3.63, 3.8) is 0 Å². The third-order valence-electron chi connectivity index (χ3n) is 3.89. The number of nitrogens with one attached hydrogen (secondary N) is 2. The van der Waals surface area contributed by atoms with E-state index in [2.05, 4.69) is 16.4 Å². The molecule has 1 aromatic heterocycles. The van der Waals surface area contributed by atoms with Crippen LogP contribution in [0.5, 0.6) is 0 Å². The molecule has 0 saturated carbocycles. The minimum atomic E-state index is -0.388. The molecule has 0 spiro atoms. The molecule has 0 bridgehead atoms. The lowest BCUT2D eigenvalue weighted by Crippen LogP contribution is -2.27. The van der Waals surface area contributed by atoms with Gasteiger partial charge in [-0.15, -0.1) is 0 Å². The summed E-state index contributed by atoms with van der Waals surface area (Å²) in [5.41, 5.74) is 3.29. The maximum absolute atomic E-state index is 11.9. The van der Waals surface area contributed by atoms with Gasteiger partial charge in [0.05, 0.1) is 0 Å². The molecular weight excluding hydrogens is 288 g/mol. The number of alkyl carbamates (subject to hydrolysis) is 1. The molecule has 1 heterocycles. The summed E-state index contributed by atoms with van der Waals surface area (Å²) in [5, 5.41) is 4.01. The first-order valence-electron chi connectivity index (χ1n) is 7.78. The molecule has 4 heteroatoms. The second kappa shape index (κ2) is 7.01. The molecule has 3 aromatic rings. The van der Waals surface area contributed by atoms with Crippen molar-refractivity contribution < 1.29 is 9.53 Å². The molecule has 23 heavy (non-hydrogen) atoms. The van der Waals surface area contributed by atoms with Crippen LogP contribution in [0.4, 0.5) is 4.79 Å². The highest BCUT2D eigenvalue weighted by atomic mass is 16.6. The summed E-state index contributed by atoms with van der Waals surface area (Å²) in [6, 6.07) is 17.9. The van der Waals surface area contributed by atoms with Crippen LogP contribution in [0.15, 0.2) is 60.8 Å². The number of aromatic amines is 1. The number of H-pyrrole nitrogens is 1. The standard InChI is InChI=1S/C19H20N2O2/c1-14(15-7-3-2-4-8-15)23-19(22)20-12-11-16-13-21-18-10-6-5-9-17(16)18/h2-10,13-14,21H,11-12H2,1H3,(H,20,22)/t14-/m0/s1. The lowest BCUT2D eigenvalue weighted by atomic mass is 10.1. The fourth-order valence-corrected chi connectivity index (χ4v) is 2.63.